The number of benzene rings is 2. The number of carboxylic acids is 1. The van der Waals surface area contributed by atoms with Crippen molar-refractivity contribution >= 4 is 29.2 Å². The van der Waals surface area contributed by atoms with Gasteiger partial charge in [0.05, 0.1) is 23.1 Å². The SMILES string of the molecule is CC(C)(C)C[C@@H]1N(C[C@H]2C[C@@H]2C(=O)O)[C@@H](CO)[C@H](c2cccc(Cl)c2F)[C@@]1(N)c1ccc(Cl)cc1F. The van der Waals surface area contributed by atoms with Gasteiger partial charge in [0, 0.05) is 35.1 Å². The molecule has 0 radical (unpaired) electrons. The first-order valence-corrected chi connectivity index (χ1v) is 12.8. The largest absolute Gasteiger partial charge is 0.481 e. The van der Waals surface area contributed by atoms with E-state index in [9.17, 15) is 15.0 Å². The van der Waals surface area contributed by atoms with E-state index in [2.05, 4.69) is 0 Å². The van der Waals surface area contributed by atoms with Crippen LogP contribution in [0.4, 0.5) is 8.78 Å². The third-order valence-electron chi connectivity index (χ3n) is 7.67. The second kappa shape index (κ2) is 9.84. The summed E-state index contributed by atoms with van der Waals surface area (Å²) in [6.07, 6.45) is 1.00. The molecule has 1 aliphatic carbocycles. The van der Waals surface area contributed by atoms with Crippen LogP contribution in [0.15, 0.2) is 36.4 Å². The molecule has 4 N–H and O–H groups in total. The number of nitrogens with zero attached hydrogens (tertiary/aromatic N) is 1. The van der Waals surface area contributed by atoms with E-state index in [1.165, 1.54) is 18.2 Å². The van der Waals surface area contributed by atoms with Gasteiger partial charge in [-0.15, -0.1) is 0 Å². The van der Waals surface area contributed by atoms with Crippen LogP contribution in [0.5, 0.6) is 0 Å². The second-order valence-corrected chi connectivity index (χ2v) is 12.2. The third-order valence-corrected chi connectivity index (χ3v) is 8.20. The highest BCUT2D eigenvalue weighted by Crippen LogP contribution is 2.55. The van der Waals surface area contributed by atoms with Gasteiger partial charge in [0.25, 0.3) is 0 Å². The number of rotatable bonds is 7. The summed E-state index contributed by atoms with van der Waals surface area (Å²) in [5, 5.41) is 20.3. The molecule has 2 aromatic rings. The fourth-order valence-corrected chi connectivity index (χ4v) is 6.34. The van der Waals surface area contributed by atoms with Crippen molar-refractivity contribution in [3.05, 3.63) is 69.2 Å². The summed E-state index contributed by atoms with van der Waals surface area (Å²) in [4.78, 5) is 13.6. The highest BCUT2D eigenvalue weighted by Gasteiger charge is 2.61. The number of hydrogen-bond acceptors (Lipinski definition) is 4. The molecule has 4 rings (SSSR count). The zero-order valence-corrected chi connectivity index (χ0v) is 22.0. The lowest BCUT2D eigenvalue weighted by atomic mass is 9.68. The van der Waals surface area contributed by atoms with Crippen LogP contribution in [0, 0.1) is 28.9 Å². The topological polar surface area (TPSA) is 86.8 Å². The van der Waals surface area contributed by atoms with Crippen LogP contribution in [0.1, 0.15) is 50.7 Å². The van der Waals surface area contributed by atoms with Crippen molar-refractivity contribution in [3.8, 4) is 0 Å². The molecule has 5 nitrogen and oxygen atoms in total. The number of aliphatic hydroxyl groups is 1. The number of hydrogen-bond donors (Lipinski definition) is 3. The Morgan fingerprint density at radius 1 is 1.22 bits per heavy atom. The summed E-state index contributed by atoms with van der Waals surface area (Å²) in [5.74, 6) is -3.65. The number of carboxylic acid groups (broad SMARTS) is 1. The molecule has 1 aliphatic heterocycles. The molecule has 0 amide bonds. The molecule has 9 heteroatoms. The van der Waals surface area contributed by atoms with E-state index in [0.29, 0.717) is 19.4 Å². The number of aliphatic carboxylic acids is 1. The van der Waals surface area contributed by atoms with E-state index in [-0.39, 0.29) is 39.1 Å². The van der Waals surface area contributed by atoms with Gasteiger partial charge in [0.2, 0.25) is 0 Å². The van der Waals surface area contributed by atoms with Gasteiger partial charge in [-0.05, 0) is 47.9 Å². The number of aliphatic hydroxyl groups excluding tert-OH is 1. The van der Waals surface area contributed by atoms with Gasteiger partial charge < -0.3 is 15.9 Å². The van der Waals surface area contributed by atoms with Crippen LogP contribution in [0.25, 0.3) is 0 Å². The predicted molar refractivity (Wildman–Crippen MR) is 136 cm³/mol. The summed E-state index contributed by atoms with van der Waals surface area (Å²) >= 11 is 12.2. The summed E-state index contributed by atoms with van der Waals surface area (Å²) in [6.45, 7) is 6.05. The maximum Gasteiger partial charge on any atom is 0.306 e. The first-order valence-electron chi connectivity index (χ1n) is 12.1. The maximum atomic E-state index is 15.6. The molecule has 1 saturated heterocycles. The number of likely N-dealkylation sites (tertiary alicyclic amines) is 1. The minimum Gasteiger partial charge on any atom is -0.481 e. The Morgan fingerprint density at radius 3 is 2.47 bits per heavy atom. The highest BCUT2D eigenvalue weighted by molar-refractivity contribution is 6.31. The molecule has 36 heavy (non-hydrogen) atoms. The Bertz CT molecular complexity index is 1160. The molecule has 0 spiro atoms. The highest BCUT2D eigenvalue weighted by atomic mass is 35.5. The average Bonchev–Trinajstić information content (AvgIpc) is 3.51. The second-order valence-electron chi connectivity index (χ2n) is 11.3. The molecular weight excluding hydrogens is 509 g/mol. The van der Waals surface area contributed by atoms with Gasteiger partial charge in [-0.2, -0.15) is 0 Å². The van der Waals surface area contributed by atoms with E-state index in [0.717, 1.165) is 0 Å². The molecule has 1 saturated carbocycles. The lowest BCUT2D eigenvalue weighted by Gasteiger charge is -2.41. The van der Waals surface area contributed by atoms with E-state index in [1.54, 1.807) is 18.2 Å². The van der Waals surface area contributed by atoms with E-state index in [4.69, 9.17) is 28.9 Å². The fraction of sp³-hybridized carbons (Fsp3) is 0.519. The fourth-order valence-electron chi connectivity index (χ4n) is 6.00. The first-order chi connectivity index (χ1) is 16.8. The molecular formula is C27H32Cl2F2N2O3. The Balaban J connectivity index is 1.95. The lowest BCUT2D eigenvalue weighted by molar-refractivity contribution is -0.138. The predicted octanol–water partition coefficient (Wildman–Crippen LogP) is 5.41. The summed E-state index contributed by atoms with van der Waals surface area (Å²) in [7, 11) is 0. The molecule has 2 aliphatic rings. The van der Waals surface area contributed by atoms with Gasteiger partial charge in [-0.3, -0.25) is 9.69 Å². The van der Waals surface area contributed by atoms with Crippen LogP contribution in [0.2, 0.25) is 10.0 Å². The van der Waals surface area contributed by atoms with Crippen molar-refractivity contribution in [2.75, 3.05) is 13.2 Å². The Morgan fingerprint density at radius 2 is 1.92 bits per heavy atom. The van der Waals surface area contributed by atoms with Crippen molar-refractivity contribution in [1.82, 2.24) is 4.90 Å². The zero-order valence-electron chi connectivity index (χ0n) is 20.5. The lowest BCUT2D eigenvalue weighted by Crippen LogP contribution is -2.53. The normalized spacial score (nSPS) is 30.5. The Kier molecular flexibility index (Phi) is 7.45. The van der Waals surface area contributed by atoms with Gasteiger partial charge in [-0.1, -0.05) is 62.2 Å². The third kappa shape index (κ3) is 4.88. The number of nitrogens with two attached hydrogens (primary N) is 1. The van der Waals surface area contributed by atoms with Crippen LogP contribution in [-0.4, -0.2) is 46.3 Å². The van der Waals surface area contributed by atoms with Gasteiger partial charge in [0.15, 0.2) is 0 Å². The Labute approximate surface area is 220 Å². The van der Waals surface area contributed by atoms with Crippen molar-refractivity contribution in [1.29, 1.82) is 0 Å². The molecule has 196 valence electrons. The van der Waals surface area contributed by atoms with Crippen LogP contribution in [0.3, 0.4) is 0 Å². The van der Waals surface area contributed by atoms with Gasteiger partial charge in [0.1, 0.15) is 11.6 Å². The molecule has 2 fully saturated rings. The maximum absolute atomic E-state index is 15.6. The van der Waals surface area contributed by atoms with Crippen LogP contribution < -0.4 is 5.73 Å². The zero-order chi connectivity index (χ0) is 26.6. The number of carbonyl (C=O) groups is 1. The van der Waals surface area contributed by atoms with Gasteiger partial charge >= 0.3 is 5.97 Å². The van der Waals surface area contributed by atoms with E-state index < -0.39 is 47.1 Å². The molecule has 0 unspecified atom stereocenters. The molecule has 6 atom stereocenters. The standard InChI is InChI=1S/C27H32Cl2F2N2O3/c1-26(2,3)11-22-27(32,18-8-7-15(28)10-20(18)30)23(16-5-4-6-19(29)24(16)31)21(13-34)33(22)12-14-9-17(14)25(35)36/h4-8,10,14,17,21-23,34H,9,11-13,32H2,1-3H3,(H,35,36)/t14-,17+,21+,22+,23+,27-/m1/s1. The van der Waals surface area contributed by atoms with Crippen molar-refractivity contribution in [3.63, 3.8) is 0 Å². The van der Waals surface area contributed by atoms with Gasteiger partial charge in [-0.25, -0.2) is 8.78 Å². The summed E-state index contributed by atoms with van der Waals surface area (Å²) in [5.41, 5.74) is 5.86. The quantitative estimate of drug-likeness (QED) is 0.437. The molecule has 1 heterocycles. The van der Waals surface area contributed by atoms with Crippen molar-refractivity contribution in [2.45, 2.75) is 57.2 Å². The monoisotopic (exact) mass is 540 g/mol. The number of halogens is 4. The van der Waals surface area contributed by atoms with Crippen molar-refractivity contribution in [2.24, 2.45) is 23.0 Å². The minimum absolute atomic E-state index is 0.0953. The van der Waals surface area contributed by atoms with Crippen LogP contribution >= 0.6 is 23.2 Å². The van der Waals surface area contributed by atoms with E-state index >= 15 is 8.78 Å². The first kappa shape index (κ1) is 27.3. The summed E-state index contributed by atoms with van der Waals surface area (Å²) < 4.78 is 31.1. The molecule has 0 bridgehead atoms. The molecule has 2 aromatic carbocycles. The van der Waals surface area contributed by atoms with Crippen molar-refractivity contribution < 1.29 is 23.8 Å². The Hall–Kier alpha value is -1.77. The summed E-state index contributed by atoms with van der Waals surface area (Å²) in [6, 6.07) is 7.63. The van der Waals surface area contributed by atoms with Crippen LogP contribution in [-0.2, 0) is 10.3 Å². The minimum atomic E-state index is -1.48. The smallest absolute Gasteiger partial charge is 0.306 e. The average molecular weight is 541 g/mol. The van der Waals surface area contributed by atoms with E-state index in [1.807, 2.05) is 25.7 Å². The molecule has 0 aromatic heterocycles.